The predicted octanol–water partition coefficient (Wildman–Crippen LogP) is 4.10. The number of ether oxygens (including phenoxy) is 1. The van der Waals surface area contributed by atoms with Crippen molar-refractivity contribution in [3.8, 4) is 0 Å². The molecule has 1 aliphatic rings. The number of nitrogens with one attached hydrogen (secondary N) is 1. The number of fused-ring (bicyclic) bond motifs is 3. The van der Waals surface area contributed by atoms with Crippen molar-refractivity contribution in [1.82, 2.24) is 25.0 Å². The van der Waals surface area contributed by atoms with Crippen molar-refractivity contribution < 1.29 is 9.13 Å². The van der Waals surface area contributed by atoms with E-state index in [1.54, 1.807) is 12.3 Å². The van der Waals surface area contributed by atoms with E-state index in [1.165, 1.54) is 6.07 Å². The van der Waals surface area contributed by atoms with Crippen LogP contribution in [0, 0.1) is 5.82 Å². The summed E-state index contributed by atoms with van der Waals surface area (Å²) in [6.07, 6.45) is 1.75. The molecule has 8 nitrogen and oxygen atoms in total. The van der Waals surface area contributed by atoms with Crippen LogP contribution in [0.15, 0.2) is 36.5 Å². The molecule has 1 aliphatic heterocycles. The van der Waals surface area contributed by atoms with E-state index in [-0.39, 0.29) is 24.3 Å². The molecule has 1 saturated heterocycles. The number of morpholine rings is 1. The SMILES string of the molecule is CC(C)n1nnc2ccc3cnc(Nc4ccc(N5CCOCC5)c(F)c4)nc3c21.Cl. The van der Waals surface area contributed by atoms with Gasteiger partial charge in [0.15, 0.2) is 0 Å². The molecule has 10 heteroatoms. The third-order valence-corrected chi connectivity index (χ3v) is 5.23. The number of benzene rings is 2. The number of hydrogen-bond donors (Lipinski definition) is 1. The number of anilines is 3. The Bertz CT molecular complexity index is 1220. The second-order valence-electron chi connectivity index (χ2n) is 7.58. The van der Waals surface area contributed by atoms with E-state index >= 15 is 0 Å². The summed E-state index contributed by atoms with van der Waals surface area (Å²) in [5.74, 6) is 0.109. The molecule has 0 saturated carbocycles. The predicted molar refractivity (Wildman–Crippen MR) is 121 cm³/mol. The maximum absolute atomic E-state index is 14.7. The van der Waals surface area contributed by atoms with Gasteiger partial charge < -0.3 is 15.0 Å². The van der Waals surface area contributed by atoms with Crippen LogP contribution in [-0.2, 0) is 4.74 Å². The third kappa shape index (κ3) is 3.98. The molecule has 4 aromatic rings. The highest BCUT2D eigenvalue weighted by Gasteiger charge is 2.16. The van der Waals surface area contributed by atoms with Crippen LogP contribution in [0.3, 0.4) is 0 Å². The number of nitrogens with zero attached hydrogens (tertiary/aromatic N) is 6. The molecule has 0 spiro atoms. The Morgan fingerprint density at radius 1 is 1.13 bits per heavy atom. The average Bonchev–Trinajstić information content (AvgIpc) is 3.20. The van der Waals surface area contributed by atoms with Gasteiger partial charge in [-0.3, -0.25) is 0 Å². The fraction of sp³-hybridized carbons (Fsp3) is 0.333. The summed E-state index contributed by atoms with van der Waals surface area (Å²) in [5, 5.41) is 12.5. The first kappa shape index (κ1) is 21.2. The quantitative estimate of drug-likeness (QED) is 0.508. The zero-order valence-corrected chi connectivity index (χ0v) is 18.1. The average molecular weight is 444 g/mol. The Balaban J connectivity index is 0.00000231. The van der Waals surface area contributed by atoms with Gasteiger partial charge in [0.2, 0.25) is 5.95 Å². The van der Waals surface area contributed by atoms with Crippen LogP contribution in [0.5, 0.6) is 0 Å². The van der Waals surface area contributed by atoms with Gasteiger partial charge in [0.1, 0.15) is 22.4 Å². The molecule has 2 aromatic carbocycles. The van der Waals surface area contributed by atoms with Crippen molar-refractivity contribution >= 4 is 51.7 Å². The molecule has 0 radical (unpaired) electrons. The first-order valence-electron chi connectivity index (χ1n) is 10.00. The highest BCUT2D eigenvalue weighted by Crippen LogP contribution is 2.27. The molecule has 31 heavy (non-hydrogen) atoms. The summed E-state index contributed by atoms with van der Waals surface area (Å²) >= 11 is 0. The minimum atomic E-state index is -0.285. The molecule has 2 aromatic heterocycles. The molecule has 162 valence electrons. The monoisotopic (exact) mass is 443 g/mol. The zero-order chi connectivity index (χ0) is 20.7. The van der Waals surface area contributed by atoms with Crippen LogP contribution < -0.4 is 10.2 Å². The summed E-state index contributed by atoms with van der Waals surface area (Å²) in [6, 6.07) is 9.08. The van der Waals surface area contributed by atoms with Gasteiger partial charge in [-0.15, -0.1) is 17.5 Å². The van der Waals surface area contributed by atoms with Crippen molar-refractivity contribution in [2.45, 2.75) is 19.9 Å². The van der Waals surface area contributed by atoms with Crippen LogP contribution in [0.2, 0.25) is 0 Å². The molecule has 5 rings (SSSR count). The number of rotatable bonds is 4. The standard InChI is InChI=1S/C21H22FN7O.ClH/c1-13(2)29-20-17(26-27-29)5-3-14-12-23-21(25-19(14)20)24-15-4-6-18(16(22)11-15)28-7-9-30-10-8-28;/h3-6,11-13H,7-10H2,1-2H3,(H,23,24,25);1H. The molecule has 1 fully saturated rings. The molecule has 0 bridgehead atoms. The lowest BCUT2D eigenvalue weighted by atomic mass is 10.2. The second-order valence-corrected chi connectivity index (χ2v) is 7.58. The van der Waals surface area contributed by atoms with Crippen molar-refractivity contribution in [2.24, 2.45) is 0 Å². The molecule has 0 unspecified atom stereocenters. The van der Waals surface area contributed by atoms with Gasteiger partial charge in [0, 0.05) is 36.4 Å². The van der Waals surface area contributed by atoms with Gasteiger partial charge in [0.05, 0.1) is 18.9 Å². The van der Waals surface area contributed by atoms with Crippen LogP contribution in [0.25, 0.3) is 21.9 Å². The van der Waals surface area contributed by atoms with E-state index in [1.807, 2.05) is 41.6 Å². The van der Waals surface area contributed by atoms with E-state index in [2.05, 4.69) is 25.6 Å². The van der Waals surface area contributed by atoms with Gasteiger partial charge in [-0.25, -0.2) is 19.0 Å². The highest BCUT2D eigenvalue weighted by molar-refractivity contribution is 6.01. The first-order chi connectivity index (χ1) is 14.6. The molecule has 0 atom stereocenters. The topological polar surface area (TPSA) is 81.0 Å². The van der Waals surface area contributed by atoms with Crippen molar-refractivity contribution in [2.75, 3.05) is 36.5 Å². The molecular formula is C21H23ClFN7O. The van der Waals surface area contributed by atoms with E-state index in [0.717, 1.165) is 21.9 Å². The van der Waals surface area contributed by atoms with Crippen LogP contribution in [0.1, 0.15) is 19.9 Å². The van der Waals surface area contributed by atoms with E-state index < -0.39 is 0 Å². The smallest absolute Gasteiger partial charge is 0.227 e. The normalized spacial score (nSPS) is 14.3. The van der Waals surface area contributed by atoms with E-state index in [0.29, 0.717) is 43.6 Å². The van der Waals surface area contributed by atoms with Gasteiger partial charge in [0.25, 0.3) is 0 Å². The minimum absolute atomic E-state index is 0. The maximum Gasteiger partial charge on any atom is 0.227 e. The lowest BCUT2D eigenvalue weighted by Crippen LogP contribution is -2.36. The Morgan fingerprint density at radius 3 is 2.68 bits per heavy atom. The van der Waals surface area contributed by atoms with Gasteiger partial charge in [-0.2, -0.15) is 0 Å². The van der Waals surface area contributed by atoms with Gasteiger partial charge in [-0.05, 0) is 44.2 Å². The Hall–Kier alpha value is -3.04. The molecular weight excluding hydrogens is 421 g/mol. The van der Waals surface area contributed by atoms with Crippen LogP contribution in [0.4, 0.5) is 21.7 Å². The molecule has 3 heterocycles. The fourth-order valence-electron chi connectivity index (χ4n) is 3.72. The Kier molecular flexibility index (Phi) is 5.88. The van der Waals surface area contributed by atoms with Crippen molar-refractivity contribution in [3.05, 3.63) is 42.3 Å². The molecule has 0 aliphatic carbocycles. The molecule has 0 amide bonds. The number of aromatic nitrogens is 5. The van der Waals surface area contributed by atoms with Gasteiger partial charge in [-0.1, -0.05) is 5.21 Å². The van der Waals surface area contributed by atoms with E-state index in [4.69, 9.17) is 4.74 Å². The summed E-state index contributed by atoms with van der Waals surface area (Å²) in [5.41, 5.74) is 3.57. The van der Waals surface area contributed by atoms with Crippen molar-refractivity contribution in [1.29, 1.82) is 0 Å². The van der Waals surface area contributed by atoms with Gasteiger partial charge >= 0.3 is 0 Å². The zero-order valence-electron chi connectivity index (χ0n) is 17.2. The lowest BCUT2D eigenvalue weighted by Gasteiger charge is -2.29. The number of hydrogen-bond acceptors (Lipinski definition) is 7. The minimum Gasteiger partial charge on any atom is -0.378 e. The Labute approximate surface area is 184 Å². The summed E-state index contributed by atoms with van der Waals surface area (Å²) in [4.78, 5) is 11.1. The second kappa shape index (κ2) is 8.60. The number of halogens is 2. The first-order valence-corrected chi connectivity index (χ1v) is 10.00. The summed E-state index contributed by atoms with van der Waals surface area (Å²) < 4.78 is 21.9. The summed E-state index contributed by atoms with van der Waals surface area (Å²) in [7, 11) is 0. The maximum atomic E-state index is 14.7. The molecule has 1 N–H and O–H groups in total. The van der Waals surface area contributed by atoms with Crippen molar-refractivity contribution in [3.63, 3.8) is 0 Å². The lowest BCUT2D eigenvalue weighted by molar-refractivity contribution is 0.122. The largest absolute Gasteiger partial charge is 0.378 e. The van der Waals surface area contributed by atoms with Crippen LogP contribution >= 0.6 is 12.4 Å². The van der Waals surface area contributed by atoms with E-state index in [9.17, 15) is 4.39 Å². The summed E-state index contributed by atoms with van der Waals surface area (Å²) in [6.45, 7) is 6.69. The van der Waals surface area contributed by atoms with Crippen LogP contribution in [-0.4, -0.2) is 51.3 Å². The third-order valence-electron chi connectivity index (χ3n) is 5.23. The Morgan fingerprint density at radius 2 is 1.94 bits per heavy atom. The highest BCUT2D eigenvalue weighted by atomic mass is 35.5. The fourth-order valence-corrected chi connectivity index (χ4v) is 3.72.